The SMILES string of the molecule is [Cs+].[O]=[Sn]([O-])[F]. The third-order valence-corrected chi connectivity index (χ3v) is 0. The number of rotatable bonds is 0. The Labute approximate surface area is 96.0 Å². The zero-order chi connectivity index (χ0) is 3.58. The molecule has 5 heteroatoms. The summed E-state index contributed by atoms with van der Waals surface area (Å²) in [4.78, 5) is 0. The van der Waals surface area contributed by atoms with Crippen LogP contribution in [0.25, 0.3) is 0 Å². The molecule has 0 radical (unpaired) electrons. The van der Waals surface area contributed by atoms with Gasteiger partial charge < -0.3 is 0 Å². The van der Waals surface area contributed by atoms with Crippen LogP contribution < -0.4 is 72.3 Å². The van der Waals surface area contributed by atoms with Gasteiger partial charge in [0, 0.05) is 0 Å². The molecule has 0 fully saturated rings. The molecule has 0 saturated carbocycles. The van der Waals surface area contributed by atoms with Gasteiger partial charge in [0.15, 0.2) is 0 Å². The van der Waals surface area contributed by atoms with Crippen LogP contribution in [0.1, 0.15) is 0 Å². The van der Waals surface area contributed by atoms with Gasteiger partial charge in [0.25, 0.3) is 0 Å². The number of hydrogen-bond donors (Lipinski definition) is 0. The first-order valence-electron chi connectivity index (χ1n) is 0.597. The van der Waals surface area contributed by atoms with Crippen molar-refractivity contribution in [2.24, 2.45) is 0 Å². The molecule has 0 unspecified atom stereocenters. The van der Waals surface area contributed by atoms with Gasteiger partial charge in [-0.3, -0.25) is 0 Å². The molecule has 2 nitrogen and oxygen atoms in total. The summed E-state index contributed by atoms with van der Waals surface area (Å²) < 4.78 is 27.1. The first kappa shape index (κ1) is 10.5. The zero-order valence-electron chi connectivity index (χ0n) is 2.69. The van der Waals surface area contributed by atoms with Crippen LogP contribution in [0.15, 0.2) is 0 Å². The van der Waals surface area contributed by atoms with Crippen LogP contribution in [-0.2, 0) is 3.08 Å². The van der Waals surface area contributed by atoms with E-state index in [9.17, 15) is 2.87 Å². The van der Waals surface area contributed by atoms with Gasteiger partial charge >= 0.3 is 99.0 Å². The molecular weight excluding hydrogens is 303 g/mol. The average Bonchev–Trinajstić information content (AvgIpc) is 0.811. The summed E-state index contributed by atoms with van der Waals surface area (Å²) >= 11 is -4.54. The fourth-order valence-electron chi connectivity index (χ4n) is 0. The second-order valence-corrected chi connectivity index (χ2v) is 1.59. The molecule has 0 rings (SSSR count). The van der Waals surface area contributed by atoms with Crippen molar-refractivity contribution >= 4 is 20.7 Å². The molecule has 0 atom stereocenters. The fourth-order valence-corrected chi connectivity index (χ4v) is 0. The maximum absolute atomic E-state index is 10.1. The maximum atomic E-state index is 10.1. The summed E-state index contributed by atoms with van der Waals surface area (Å²) in [5, 5.41) is 0. The van der Waals surface area contributed by atoms with Crippen LogP contribution in [0.3, 0.4) is 0 Å². The van der Waals surface area contributed by atoms with Gasteiger partial charge in [0.05, 0.1) is 0 Å². The molecule has 5 heavy (non-hydrogen) atoms. The quantitative estimate of drug-likeness (QED) is 0.425. The van der Waals surface area contributed by atoms with E-state index >= 15 is 0 Å². The topological polar surface area (TPSA) is 40.1 Å². The van der Waals surface area contributed by atoms with Crippen molar-refractivity contribution in [2.45, 2.75) is 0 Å². The zero-order valence-corrected chi connectivity index (χ0v) is 11.8. The van der Waals surface area contributed by atoms with E-state index in [-0.39, 0.29) is 68.9 Å². The van der Waals surface area contributed by atoms with Crippen molar-refractivity contribution in [3.63, 3.8) is 0 Å². The van der Waals surface area contributed by atoms with Crippen LogP contribution >= 0.6 is 0 Å². The fraction of sp³-hybridized carbons (Fsp3) is 0. The molecule has 0 spiro atoms. The van der Waals surface area contributed by atoms with Gasteiger partial charge in [0.1, 0.15) is 0 Å². The molecule has 0 bridgehead atoms. The van der Waals surface area contributed by atoms with E-state index in [1.54, 1.807) is 0 Å². The minimum atomic E-state index is -4.54. The monoisotopic (exact) mass is 304 g/mol. The van der Waals surface area contributed by atoms with Crippen molar-refractivity contribution in [1.29, 1.82) is 0 Å². The van der Waals surface area contributed by atoms with Crippen LogP contribution in [0.4, 0.5) is 2.87 Å². The number of halogens is 1. The summed E-state index contributed by atoms with van der Waals surface area (Å²) in [5.41, 5.74) is 0. The summed E-state index contributed by atoms with van der Waals surface area (Å²) in [5.74, 6) is 0. The Bertz CT molecular complexity index is 32.6. The molecule has 0 aliphatic rings. The van der Waals surface area contributed by atoms with Gasteiger partial charge in [-0.15, -0.1) is 0 Å². The predicted octanol–water partition coefficient (Wildman–Crippen LogP) is -4.26. The van der Waals surface area contributed by atoms with E-state index in [4.69, 9.17) is 6.52 Å². The molecule has 24 valence electrons. The van der Waals surface area contributed by atoms with Gasteiger partial charge in [0.2, 0.25) is 0 Å². The molecular formula is CsFO2Sn. The van der Waals surface area contributed by atoms with Gasteiger partial charge in [-0.05, 0) is 0 Å². The Hall–Kier alpha value is 2.54. The second kappa shape index (κ2) is 6.54. The average molecular weight is 303 g/mol. The summed E-state index contributed by atoms with van der Waals surface area (Å²) in [6.07, 6.45) is 0. The third-order valence-electron chi connectivity index (χ3n) is 0. The first-order chi connectivity index (χ1) is 1.73. The Morgan fingerprint density at radius 2 is 1.80 bits per heavy atom. The summed E-state index contributed by atoms with van der Waals surface area (Å²) in [7, 11) is 0. The Morgan fingerprint density at radius 1 is 1.80 bits per heavy atom. The van der Waals surface area contributed by atoms with Gasteiger partial charge in [-0.1, -0.05) is 0 Å². The summed E-state index contributed by atoms with van der Waals surface area (Å²) in [6, 6.07) is 0. The molecule has 0 amide bonds. The molecule has 0 saturated heterocycles. The normalized spacial score (nSPS) is 5.20. The van der Waals surface area contributed by atoms with Crippen LogP contribution in [0, 0.1) is 0 Å². The standard InChI is InChI=1S/Cs.FH.2O.Sn/h;1H;;;/q+1;;;-1;+1/p-1. The molecule has 0 aromatic heterocycles. The van der Waals surface area contributed by atoms with E-state index in [0.717, 1.165) is 0 Å². The molecule has 0 aromatic carbocycles. The van der Waals surface area contributed by atoms with Crippen molar-refractivity contribution in [3.8, 4) is 0 Å². The predicted molar refractivity (Wildman–Crippen MR) is 7.55 cm³/mol. The Balaban J connectivity index is 0. The van der Waals surface area contributed by atoms with Crippen molar-refractivity contribution in [1.82, 2.24) is 0 Å². The van der Waals surface area contributed by atoms with E-state index in [1.807, 2.05) is 0 Å². The number of hydrogen-bond acceptors (Lipinski definition) is 2. The van der Waals surface area contributed by atoms with E-state index in [0.29, 0.717) is 0 Å². The first-order valence-corrected chi connectivity index (χ1v) is 4.01. The molecule has 0 heterocycles. The molecule has 0 aliphatic heterocycles. The van der Waals surface area contributed by atoms with E-state index < -0.39 is 20.7 Å². The Kier molecular flexibility index (Phi) is 13.7. The van der Waals surface area contributed by atoms with Gasteiger partial charge in [-0.2, -0.15) is 0 Å². The molecule has 0 N–H and O–H groups in total. The summed E-state index contributed by atoms with van der Waals surface area (Å²) in [6.45, 7) is 0. The van der Waals surface area contributed by atoms with Crippen LogP contribution in [-0.4, -0.2) is 20.7 Å². The van der Waals surface area contributed by atoms with Crippen LogP contribution in [0.5, 0.6) is 0 Å². The van der Waals surface area contributed by atoms with Gasteiger partial charge in [-0.25, -0.2) is 0 Å². The third kappa shape index (κ3) is 20.9. The van der Waals surface area contributed by atoms with Crippen LogP contribution in [0.2, 0.25) is 0 Å². The van der Waals surface area contributed by atoms with Crippen molar-refractivity contribution in [3.05, 3.63) is 0 Å². The minimum absolute atomic E-state index is 0. The second-order valence-electron chi connectivity index (χ2n) is 0.238. The van der Waals surface area contributed by atoms with E-state index in [1.165, 1.54) is 0 Å². The van der Waals surface area contributed by atoms with E-state index in [2.05, 4.69) is 0 Å². The van der Waals surface area contributed by atoms with Crippen molar-refractivity contribution < 1.29 is 78.3 Å². The molecule has 0 aromatic rings. The molecule has 0 aliphatic carbocycles. The van der Waals surface area contributed by atoms with Crippen molar-refractivity contribution in [2.75, 3.05) is 0 Å². The Morgan fingerprint density at radius 3 is 1.80 bits per heavy atom.